The van der Waals surface area contributed by atoms with Crippen LogP contribution in [0.25, 0.3) is 0 Å². The topological polar surface area (TPSA) is 66.9 Å². The zero-order chi connectivity index (χ0) is 22.0. The van der Waals surface area contributed by atoms with Gasteiger partial charge in [-0.05, 0) is 80.1 Å². The summed E-state index contributed by atoms with van der Waals surface area (Å²) in [5.41, 5.74) is 3.99. The van der Waals surface area contributed by atoms with Crippen LogP contribution < -0.4 is 9.64 Å². The molecule has 0 N–H and O–H groups in total. The van der Waals surface area contributed by atoms with Crippen molar-refractivity contribution < 1.29 is 17.9 Å². The van der Waals surface area contributed by atoms with Gasteiger partial charge in [0.1, 0.15) is 5.75 Å². The molecular formula is C24H30N2O4S. The highest BCUT2D eigenvalue weighted by Gasteiger charge is 2.29. The van der Waals surface area contributed by atoms with Gasteiger partial charge in [-0.3, -0.25) is 4.79 Å². The van der Waals surface area contributed by atoms with Crippen LogP contribution in [0.15, 0.2) is 41.3 Å². The van der Waals surface area contributed by atoms with Crippen LogP contribution in [0.4, 0.5) is 5.69 Å². The van der Waals surface area contributed by atoms with Gasteiger partial charge in [0.25, 0.3) is 0 Å². The molecule has 2 aliphatic heterocycles. The Kier molecular flexibility index (Phi) is 6.34. The molecule has 2 aromatic carbocycles. The second-order valence-electron chi connectivity index (χ2n) is 8.47. The molecule has 4 rings (SSSR count). The van der Waals surface area contributed by atoms with Crippen LogP contribution in [0, 0.1) is 13.8 Å². The van der Waals surface area contributed by atoms with Crippen LogP contribution in [-0.4, -0.2) is 44.9 Å². The van der Waals surface area contributed by atoms with E-state index in [1.165, 1.54) is 0 Å². The second-order valence-corrected chi connectivity index (χ2v) is 10.4. The highest BCUT2D eigenvalue weighted by Crippen LogP contribution is 2.32. The summed E-state index contributed by atoms with van der Waals surface area (Å²) in [7, 11) is -3.46. The van der Waals surface area contributed by atoms with Gasteiger partial charge in [0, 0.05) is 25.3 Å². The van der Waals surface area contributed by atoms with Crippen molar-refractivity contribution in [2.24, 2.45) is 0 Å². The van der Waals surface area contributed by atoms with Gasteiger partial charge in [0.15, 0.2) is 0 Å². The number of piperidine rings is 1. The number of sulfonamides is 1. The third-order valence-electron chi connectivity index (χ3n) is 5.98. The normalized spacial score (nSPS) is 16.9. The molecule has 7 heteroatoms. The molecule has 31 heavy (non-hydrogen) atoms. The molecule has 0 unspecified atom stereocenters. The zero-order valence-electron chi connectivity index (χ0n) is 18.3. The lowest BCUT2D eigenvalue weighted by Crippen LogP contribution is -2.35. The molecule has 0 spiro atoms. The van der Waals surface area contributed by atoms with E-state index in [2.05, 4.69) is 6.07 Å². The first-order valence-corrected chi connectivity index (χ1v) is 12.4. The van der Waals surface area contributed by atoms with E-state index < -0.39 is 10.0 Å². The van der Waals surface area contributed by atoms with E-state index in [0.29, 0.717) is 37.6 Å². The van der Waals surface area contributed by atoms with E-state index in [1.54, 1.807) is 27.4 Å². The molecule has 2 heterocycles. The number of hydrogen-bond acceptors (Lipinski definition) is 4. The van der Waals surface area contributed by atoms with Gasteiger partial charge in [0.2, 0.25) is 15.9 Å². The third kappa shape index (κ3) is 4.77. The largest absolute Gasteiger partial charge is 0.493 e. The molecule has 166 valence electrons. The summed E-state index contributed by atoms with van der Waals surface area (Å²) in [5.74, 6) is 0.773. The summed E-state index contributed by atoms with van der Waals surface area (Å²) in [6.07, 6.45) is 3.86. The predicted octanol–water partition coefficient (Wildman–Crippen LogP) is 3.84. The van der Waals surface area contributed by atoms with E-state index in [-0.39, 0.29) is 12.3 Å². The van der Waals surface area contributed by atoms with E-state index in [4.69, 9.17) is 4.74 Å². The molecule has 2 aromatic rings. The number of carbonyl (C=O) groups excluding carboxylic acids is 1. The summed E-state index contributed by atoms with van der Waals surface area (Å²) in [6, 6.07) is 11.2. The minimum atomic E-state index is -3.46. The Hall–Kier alpha value is -2.38. The Morgan fingerprint density at radius 2 is 1.68 bits per heavy atom. The Morgan fingerprint density at radius 1 is 0.968 bits per heavy atom. The number of nitrogens with zero attached hydrogens (tertiary/aromatic N) is 2. The van der Waals surface area contributed by atoms with Crippen LogP contribution in [0.2, 0.25) is 0 Å². The lowest BCUT2D eigenvalue weighted by Gasteiger charge is -2.26. The fraction of sp³-hybridized carbons (Fsp3) is 0.458. The van der Waals surface area contributed by atoms with E-state index in [0.717, 1.165) is 47.4 Å². The van der Waals surface area contributed by atoms with Crippen molar-refractivity contribution >= 4 is 21.6 Å². The van der Waals surface area contributed by atoms with E-state index >= 15 is 0 Å². The molecule has 0 aromatic heterocycles. The number of fused-ring (bicyclic) bond motifs is 1. The number of carbonyl (C=O) groups is 1. The quantitative estimate of drug-likeness (QED) is 0.682. The molecule has 1 fully saturated rings. The van der Waals surface area contributed by atoms with Gasteiger partial charge in [-0.1, -0.05) is 12.5 Å². The van der Waals surface area contributed by atoms with Gasteiger partial charge in [-0.2, -0.15) is 4.31 Å². The van der Waals surface area contributed by atoms with Crippen molar-refractivity contribution in [3.05, 3.63) is 53.1 Å². The first-order valence-electron chi connectivity index (χ1n) is 11.0. The van der Waals surface area contributed by atoms with Crippen molar-refractivity contribution in [2.75, 3.05) is 31.1 Å². The minimum Gasteiger partial charge on any atom is -0.493 e. The molecule has 2 aliphatic rings. The molecule has 0 atom stereocenters. The van der Waals surface area contributed by atoms with Gasteiger partial charge >= 0.3 is 0 Å². The summed E-state index contributed by atoms with van der Waals surface area (Å²) in [6.45, 7) is 6.10. The Labute approximate surface area is 184 Å². The highest BCUT2D eigenvalue weighted by atomic mass is 32.2. The summed E-state index contributed by atoms with van der Waals surface area (Å²) >= 11 is 0. The molecule has 0 saturated carbocycles. The van der Waals surface area contributed by atoms with Crippen molar-refractivity contribution in [1.29, 1.82) is 0 Å². The summed E-state index contributed by atoms with van der Waals surface area (Å²) < 4.78 is 33.3. The number of amides is 1. The Balaban J connectivity index is 1.40. The molecule has 6 nitrogen and oxygen atoms in total. The minimum absolute atomic E-state index is 0.00485. The Bertz CT molecular complexity index is 1050. The van der Waals surface area contributed by atoms with E-state index in [1.807, 2.05) is 26.0 Å². The van der Waals surface area contributed by atoms with Crippen LogP contribution in [0.3, 0.4) is 0 Å². The zero-order valence-corrected chi connectivity index (χ0v) is 19.1. The smallest absolute Gasteiger partial charge is 0.243 e. The molecule has 0 aliphatic carbocycles. The first kappa shape index (κ1) is 21.8. The van der Waals surface area contributed by atoms with Crippen LogP contribution >= 0.6 is 0 Å². The third-order valence-corrected chi connectivity index (χ3v) is 7.87. The van der Waals surface area contributed by atoms with Crippen molar-refractivity contribution in [2.45, 2.75) is 50.8 Å². The lowest BCUT2D eigenvalue weighted by molar-refractivity contribution is -0.119. The number of anilines is 1. The van der Waals surface area contributed by atoms with Crippen LogP contribution in [0.1, 0.15) is 42.4 Å². The molecule has 1 saturated heterocycles. The van der Waals surface area contributed by atoms with Gasteiger partial charge < -0.3 is 9.64 Å². The fourth-order valence-corrected chi connectivity index (χ4v) is 6.03. The summed E-state index contributed by atoms with van der Waals surface area (Å²) in [4.78, 5) is 14.9. The lowest BCUT2D eigenvalue weighted by atomic mass is 10.1. The molecule has 0 bridgehead atoms. The predicted molar refractivity (Wildman–Crippen MR) is 121 cm³/mol. The molecular weight excluding hydrogens is 412 g/mol. The molecule has 0 radical (unpaired) electrons. The molecule has 1 amide bonds. The average molecular weight is 443 g/mol. The maximum atomic E-state index is 13.0. The Morgan fingerprint density at radius 3 is 2.39 bits per heavy atom. The monoisotopic (exact) mass is 442 g/mol. The number of benzene rings is 2. The van der Waals surface area contributed by atoms with Crippen molar-refractivity contribution in [1.82, 2.24) is 4.31 Å². The van der Waals surface area contributed by atoms with Crippen LogP contribution in [-0.2, 0) is 21.2 Å². The van der Waals surface area contributed by atoms with Crippen LogP contribution in [0.5, 0.6) is 5.75 Å². The number of rotatable bonds is 6. The number of aryl methyl sites for hydroxylation is 2. The maximum absolute atomic E-state index is 13.0. The first-order chi connectivity index (χ1) is 14.8. The van der Waals surface area contributed by atoms with Gasteiger partial charge in [-0.25, -0.2) is 8.42 Å². The average Bonchev–Trinajstić information content (AvgIpc) is 3.17. The van der Waals surface area contributed by atoms with E-state index in [9.17, 15) is 13.2 Å². The van der Waals surface area contributed by atoms with Crippen molar-refractivity contribution in [3.8, 4) is 5.75 Å². The maximum Gasteiger partial charge on any atom is 0.243 e. The highest BCUT2D eigenvalue weighted by molar-refractivity contribution is 7.89. The van der Waals surface area contributed by atoms with Gasteiger partial charge in [-0.15, -0.1) is 0 Å². The van der Waals surface area contributed by atoms with Crippen molar-refractivity contribution in [3.63, 3.8) is 0 Å². The SMILES string of the molecule is Cc1cc(C)cc(OCCC(=O)N2CCc3cc(S(=O)(=O)N4CCCCC4)ccc32)c1. The number of ether oxygens (including phenoxy) is 1. The second kappa shape index (κ2) is 9.01. The standard InChI is InChI=1S/C24H30N2O4S/c1-18-14-19(2)16-21(15-18)30-13-9-24(27)26-12-8-20-17-22(6-7-23(20)26)31(28,29)25-10-4-3-5-11-25/h6-7,14-17H,3-5,8-13H2,1-2H3. The number of hydrogen-bond donors (Lipinski definition) is 0. The fourth-order valence-electron chi connectivity index (χ4n) is 4.46. The summed E-state index contributed by atoms with van der Waals surface area (Å²) in [5, 5.41) is 0. The van der Waals surface area contributed by atoms with Gasteiger partial charge in [0.05, 0.1) is 17.9 Å².